The molecule has 1 aliphatic carbocycles. The number of hydrogen-bond acceptors (Lipinski definition) is 2. The van der Waals surface area contributed by atoms with Gasteiger partial charge in [-0.3, -0.25) is 4.79 Å². The van der Waals surface area contributed by atoms with Crippen molar-refractivity contribution in [3.8, 4) is 5.75 Å². The molecule has 4 atom stereocenters. The van der Waals surface area contributed by atoms with Gasteiger partial charge in [0.05, 0.1) is 7.11 Å². The molecule has 1 aliphatic heterocycles. The van der Waals surface area contributed by atoms with Crippen LogP contribution in [0.4, 0.5) is 0 Å². The smallest absolute Gasteiger partial charge is 0.223 e. The number of fused-ring (bicyclic) bond motifs is 1. The van der Waals surface area contributed by atoms with Crippen LogP contribution in [0.1, 0.15) is 25.8 Å². The fraction of sp³-hybridized carbons (Fsp3) is 0.562. The first-order chi connectivity index (χ1) is 9.11. The quantitative estimate of drug-likeness (QED) is 0.835. The highest BCUT2D eigenvalue weighted by Gasteiger charge is 2.57. The van der Waals surface area contributed by atoms with Crippen LogP contribution in [0.5, 0.6) is 5.75 Å². The fourth-order valence-electron chi connectivity index (χ4n) is 3.63. The molecule has 1 amide bonds. The van der Waals surface area contributed by atoms with E-state index in [2.05, 4.69) is 18.7 Å². The number of piperidine rings is 1. The number of ether oxygens (including phenoxy) is 1. The van der Waals surface area contributed by atoms with E-state index in [1.807, 2.05) is 24.3 Å². The summed E-state index contributed by atoms with van der Waals surface area (Å²) < 4.78 is 5.16. The molecule has 1 saturated carbocycles. The molecule has 1 heterocycles. The zero-order chi connectivity index (χ0) is 13.6. The second-order valence-electron chi connectivity index (χ2n) is 5.98. The number of methoxy groups -OCH3 is 1. The van der Waals surface area contributed by atoms with E-state index < -0.39 is 0 Å². The topological polar surface area (TPSA) is 29.5 Å². The molecule has 3 rings (SSSR count). The van der Waals surface area contributed by atoms with E-state index in [9.17, 15) is 4.79 Å². The molecule has 0 aromatic heterocycles. The molecule has 102 valence electrons. The van der Waals surface area contributed by atoms with Crippen LogP contribution in [-0.4, -0.2) is 24.0 Å². The zero-order valence-corrected chi connectivity index (χ0v) is 11.8. The van der Waals surface area contributed by atoms with E-state index in [1.54, 1.807) is 7.11 Å². The van der Waals surface area contributed by atoms with Crippen molar-refractivity contribution in [2.75, 3.05) is 7.11 Å². The Hall–Kier alpha value is -1.51. The van der Waals surface area contributed by atoms with Gasteiger partial charge in [-0.1, -0.05) is 26.0 Å². The first kappa shape index (κ1) is 12.5. The molecule has 0 bridgehead atoms. The Labute approximate surface area is 114 Å². The maximum Gasteiger partial charge on any atom is 0.223 e. The molecule has 1 aromatic carbocycles. The van der Waals surface area contributed by atoms with Crippen LogP contribution >= 0.6 is 0 Å². The van der Waals surface area contributed by atoms with Gasteiger partial charge in [0.15, 0.2) is 0 Å². The number of hydrogen-bond donors (Lipinski definition) is 0. The Balaban J connectivity index is 1.73. The number of carbonyl (C=O) groups excluding carboxylic acids is 1. The Morgan fingerprint density at radius 1 is 1.26 bits per heavy atom. The molecule has 19 heavy (non-hydrogen) atoms. The third-order valence-electron chi connectivity index (χ3n) is 4.75. The summed E-state index contributed by atoms with van der Waals surface area (Å²) in [5, 5.41) is 0. The zero-order valence-electron chi connectivity index (χ0n) is 11.8. The molecule has 0 spiro atoms. The van der Waals surface area contributed by atoms with Gasteiger partial charge >= 0.3 is 0 Å². The van der Waals surface area contributed by atoms with E-state index in [4.69, 9.17) is 4.74 Å². The van der Waals surface area contributed by atoms with Crippen molar-refractivity contribution in [2.24, 2.45) is 17.8 Å². The van der Waals surface area contributed by atoms with Crippen molar-refractivity contribution in [3.05, 3.63) is 29.8 Å². The second kappa shape index (κ2) is 4.55. The summed E-state index contributed by atoms with van der Waals surface area (Å²) in [7, 11) is 1.67. The molecular formula is C16H21NO2. The lowest BCUT2D eigenvalue weighted by molar-refractivity contribution is -0.136. The summed E-state index contributed by atoms with van der Waals surface area (Å²) in [6, 6.07) is 8.48. The highest BCUT2D eigenvalue weighted by Crippen LogP contribution is 2.52. The molecule has 3 heteroatoms. The Bertz CT molecular complexity index is 482. The third-order valence-corrected chi connectivity index (χ3v) is 4.75. The third kappa shape index (κ3) is 2.11. The number of carbonyl (C=O) groups is 1. The lowest BCUT2D eigenvalue weighted by Gasteiger charge is -2.29. The van der Waals surface area contributed by atoms with Gasteiger partial charge in [-0.25, -0.2) is 0 Å². The largest absolute Gasteiger partial charge is 0.497 e. The molecule has 2 unspecified atom stereocenters. The summed E-state index contributed by atoms with van der Waals surface area (Å²) in [4.78, 5) is 14.3. The Morgan fingerprint density at radius 3 is 2.58 bits per heavy atom. The van der Waals surface area contributed by atoms with E-state index in [1.165, 1.54) is 5.56 Å². The summed E-state index contributed by atoms with van der Waals surface area (Å²) in [5.41, 5.74) is 1.18. The number of amides is 1. The van der Waals surface area contributed by atoms with Crippen LogP contribution in [0.3, 0.4) is 0 Å². The van der Waals surface area contributed by atoms with Gasteiger partial charge in [-0.15, -0.1) is 0 Å². The second-order valence-corrected chi connectivity index (χ2v) is 5.98. The number of nitrogens with zero attached hydrogens (tertiary/aromatic N) is 1. The van der Waals surface area contributed by atoms with Crippen LogP contribution in [0.2, 0.25) is 0 Å². The maximum absolute atomic E-state index is 12.2. The van der Waals surface area contributed by atoms with Crippen LogP contribution in [0.15, 0.2) is 24.3 Å². The standard InChI is InChI=1S/C16H21NO2/c1-10-8-14(18)17(16-11(2)15(10)16)9-12-4-6-13(19-3)7-5-12/h4-7,10-11,15-16H,8-9H2,1-3H3/t10-,11-,15?,16?/m0/s1. The number of benzene rings is 1. The SMILES string of the molecule is COc1ccc(CN2C(=O)C[C@H](C)C3C2[C@H]3C)cc1. The molecule has 0 radical (unpaired) electrons. The first-order valence-corrected chi connectivity index (χ1v) is 7.04. The minimum atomic E-state index is 0.314. The highest BCUT2D eigenvalue weighted by atomic mass is 16.5. The summed E-state index contributed by atoms with van der Waals surface area (Å²) in [5.74, 6) is 3.11. The van der Waals surface area contributed by atoms with Crippen molar-refractivity contribution in [2.45, 2.75) is 32.9 Å². The van der Waals surface area contributed by atoms with Crippen molar-refractivity contribution in [3.63, 3.8) is 0 Å². The van der Waals surface area contributed by atoms with Gasteiger partial charge in [0, 0.05) is 19.0 Å². The first-order valence-electron chi connectivity index (χ1n) is 7.04. The van der Waals surface area contributed by atoms with Gasteiger partial charge in [0.2, 0.25) is 5.91 Å². The van der Waals surface area contributed by atoms with Crippen LogP contribution in [0.25, 0.3) is 0 Å². The van der Waals surface area contributed by atoms with Gasteiger partial charge < -0.3 is 9.64 Å². The van der Waals surface area contributed by atoms with Gasteiger partial charge in [-0.2, -0.15) is 0 Å². The predicted octanol–water partition coefficient (Wildman–Crippen LogP) is 2.70. The van der Waals surface area contributed by atoms with Gasteiger partial charge in [0.25, 0.3) is 0 Å². The Morgan fingerprint density at radius 2 is 1.95 bits per heavy atom. The molecule has 3 nitrogen and oxygen atoms in total. The predicted molar refractivity (Wildman–Crippen MR) is 73.8 cm³/mol. The summed E-state index contributed by atoms with van der Waals surface area (Å²) in [6.07, 6.45) is 0.710. The maximum atomic E-state index is 12.2. The van der Waals surface area contributed by atoms with Gasteiger partial charge in [-0.05, 0) is 35.4 Å². The average molecular weight is 259 g/mol. The van der Waals surface area contributed by atoms with Crippen LogP contribution < -0.4 is 4.74 Å². The molecule has 1 aromatic rings. The van der Waals surface area contributed by atoms with E-state index in [0.29, 0.717) is 30.2 Å². The molecule has 2 aliphatic rings. The van der Waals surface area contributed by atoms with E-state index >= 15 is 0 Å². The summed E-state index contributed by atoms with van der Waals surface area (Å²) >= 11 is 0. The number of rotatable bonds is 3. The summed E-state index contributed by atoms with van der Waals surface area (Å²) in [6.45, 7) is 5.22. The molecular weight excluding hydrogens is 238 g/mol. The normalized spacial score (nSPS) is 33.0. The van der Waals surface area contributed by atoms with Crippen molar-refractivity contribution < 1.29 is 9.53 Å². The van der Waals surface area contributed by atoms with Gasteiger partial charge in [0.1, 0.15) is 5.75 Å². The monoisotopic (exact) mass is 259 g/mol. The lowest BCUT2D eigenvalue weighted by Crippen LogP contribution is -2.39. The molecule has 0 N–H and O–H groups in total. The minimum absolute atomic E-state index is 0.314. The Kier molecular flexibility index (Phi) is 3.00. The van der Waals surface area contributed by atoms with Crippen LogP contribution in [0, 0.1) is 17.8 Å². The average Bonchev–Trinajstić information content (AvgIpc) is 3.07. The minimum Gasteiger partial charge on any atom is -0.497 e. The molecule has 1 saturated heterocycles. The lowest BCUT2D eigenvalue weighted by atomic mass is 9.96. The molecule has 2 fully saturated rings. The number of likely N-dealkylation sites (tertiary alicyclic amines) is 1. The van der Waals surface area contributed by atoms with E-state index in [-0.39, 0.29) is 0 Å². The van der Waals surface area contributed by atoms with Crippen molar-refractivity contribution >= 4 is 5.91 Å². The van der Waals surface area contributed by atoms with Crippen molar-refractivity contribution in [1.82, 2.24) is 4.90 Å². The fourth-order valence-corrected chi connectivity index (χ4v) is 3.63. The van der Waals surface area contributed by atoms with Crippen LogP contribution in [-0.2, 0) is 11.3 Å². The van der Waals surface area contributed by atoms with Crippen molar-refractivity contribution in [1.29, 1.82) is 0 Å². The van der Waals surface area contributed by atoms with E-state index in [0.717, 1.165) is 18.2 Å². The highest BCUT2D eigenvalue weighted by molar-refractivity contribution is 5.78.